The first kappa shape index (κ1) is 15.0. The second-order valence-corrected chi connectivity index (χ2v) is 5.51. The first-order valence-corrected chi connectivity index (χ1v) is 7.98. The second-order valence-electron chi connectivity index (χ2n) is 5.51. The van der Waals surface area contributed by atoms with Crippen molar-refractivity contribution in [3.8, 4) is 0 Å². The van der Waals surface area contributed by atoms with E-state index in [0.29, 0.717) is 6.04 Å². The fraction of sp³-hybridized carbons (Fsp3) is 0.588. The first-order chi connectivity index (χ1) is 9.85. The van der Waals surface area contributed by atoms with Crippen LogP contribution in [0, 0.1) is 0 Å². The molecule has 2 rings (SSSR count). The van der Waals surface area contributed by atoms with E-state index < -0.39 is 0 Å². The van der Waals surface area contributed by atoms with Crippen LogP contribution in [0.4, 0.5) is 0 Å². The van der Waals surface area contributed by atoms with E-state index >= 15 is 0 Å². The summed E-state index contributed by atoms with van der Waals surface area (Å²) in [6.45, 7) is 6.67. The highest BCUT2D eigenvalue weighted by Gasteiger charge is 2.05. The fourth-order valence-electron chi connectivity index (χ4n) is 2.79. The van der Waals surface area contributed by atoms with Crippen LogP contribution >= 0.6 is 0 Å². The Balaban J connectivity index is 1.78. The number of hydrogen-bond acceptors (Lipinski definition) is 2. The molecular weight excluding hydrogens is 246 g/mol. The van der Waals surface area contributed by atoms with Gasteiger partial charge in [0, 0.05) is 12.6 Å². The molecule has 1 aromatic carbocycles. The summed E-state index contributed by atoms with van der Waals surface area (Å²) in [4.78, 5) is 4.43. The van der Waals surface area contributed by atoms with Crippen molar-refractivity contribution >= 4 is 11.0 Å². The first-order valence-electron chi connectivity index (χ1n) is 7.98. The molecular formula is C17H27N3. The number of fused-ring (bicyclic) bond motifs is 1. The van der Waals surface area contributed by atoms with E-state index in [9.17, 15) is 0 Å². The molecule has 0 spiro atoms. The van der Waals surface area contributed by atoms with E-state index in [1.807, 2.05) is 12.4 Å². The molecule has 0 fully saturated rings. The highest BCUT2D eigenvalue weighted by Crippen LogP contribution is 2.12. The van der Waals surface area contributed by atoms with Crippen LogP contribution in [0.25, 0.3) is 11.0 Å². The monoisotopic (exact) mass is 273 g/mol. The molecule has 0 radical (unpaired) electrons. The van der Waals surface area contributed by atoms with Crippen molar-refractivity contribution in [1.82, 2.24) is 14.9 Å². The van der Waals surface area contributed by atoms with E-state index in [1.165, 1.54) is 31.2 Å². The Morgan fingerprint density at radius 3 is 2.65 bits per heavy atom. The quantitative estimate of drug-likeness (QED) is 0.700. The van der Waals surface area contributed by atoms with Crippen LogP contribution in [0.3, 0.4) is 0 Å². The zero-order valence-electron chi connectivity index (χ0n) is 12.8. The molecule has 3 nitrogen and oxygen atoms in total. The van der Waals surface area contributed by atoms with Gasteiger partial charge >= 0.3 is 0 Å². The van der Waals surface area contributed by atoms with E-state index in [-0.39, 0.29) is 0 Å². The van der Waals surface area contributed by atoms with E-state index in [4.69, 9.17) is 0 Å². The maximum absolute atomic E-state index is 4.43. The molecule has 0 bridgehead atoms. The lowest BCUT2D eigenvalue weighted by molar-refractivity contribution is 0.433. The standard InChI is InChI=1S/C17H27N3/c1-3-8-15(9-4-2)18-12-7-13-20-14-19-16-10-5-6-11-17(16)20/h5-6,10-11,14-15,18H,3-4,7-9,12-13H2,1-2H3. The lowest BCUT2D eigenvalue weighted by atomic mass is 10.1. The van der Waals surface area contributed by atoms with Gasteiger partial charge in [0.1, 0.15) is 0 Å². The maximum Gasteiger partial charge on any atom is 0.0958 e. The zero-order chi connectivity index (χ0) is 14.2. The van der Waals surface area contributed by atoms with Crippen molar-refractivity contribution in [3.05, 3.63) is 30.6 Å². The third kappa shape index (κ3) is 4.07. The summed E-state index contributed by atoms with van der Waals surface area (Å²) in [5.41, 5.74) is 2.33. The second kappa shape index (κ2) is 8.05. The van der Waals surface area contributed by atoms with Crippen molar-refractivity contribution < 1.29 is 0 Å². The van der Waals surface area contributed by atoms with Crippen LogP contribution in [0.15, 0.2) is 30.6 Å². The number of para-hydroxylation sites is 2. The van der Waals surface area contributed by atoms with Crippen LogP contribution in [-0.2, 0) is 6.54 Å². The number of hydrogen-bond donors (Lipinski definition) is 1. The average Bonchev–Trinajstić information content (AvgIpc) is 2.87. The largest absolute Gasteiger partial charge is 0.331 e. The molecule has 1 aromatic heterocycles. The summed E-state index contributed by atoms with van der Waals surface area (Å²) in [6, 6.07) is 9.04. The maximum atomic E-state index is 4.43. The molecule has 1 N–H and O–H groups in total. The van der Waals surface area contributed by atoms with Crippen molar-refractivity contribution in [2.45, 2.75) is 58.5 Å². The Labute approximate surface area is 122 Å². The SMILES string of the molecule is CCCC(CCC)NCCCn1cnc2ccccc21. The van der Waals surface area contributed by atoms with Crippen LogP contribution < -0.4 is 5.32 Å². The lowest BCUT2D eigenvalue weighted by Gasteiger charge is -2.17. The number of nitrogens with zero attached hydrogens (tertiary/aromatic N) is 2. The Morgan fingerprint density at radius 2 is 1.90 bits per heavy atom. The van der Waals surface area contributed by atoms with Crippen molar-refractivity contribution in [1.29, 1.82) is 0 Å². The minimum Gasteiger partial charge on any atom is -0.331 e. The molecule has 0 saturated heterocycles. The van der Waals surface area contributed by atoms with Gasteiger partial charge in [0.25, 0.3) is 0 Å². The van der Waals surface area contributed by atoms with E-state index in [1.54, 1.807) is 0 Å². The number of aryl methyl sites for hydroxylation is 1. The van der Waals surface area contributed by atoms with Crippen molar-refractivity contribution in [2.24, 2.45) is 0 Å². The molecule has 0 aliphatic rings. The van der Waals surface area contributed by atoms with Gasteiger partial charge in [-0.3, -0.25) is 0 Å². The van der Waals surface area contributed by atoms with E-state index in [2.05, 4.69) is 46.9 Å². The number of rotatable bonds is 9. The van der Waals surface area contributed by atoms with Crippen LogP contribution in [0.2, 0.25) is 0 Å². The van der Waals surface area contributed by atoms with E-state index in [0.717, 1.165) is 25.0 Å². The summed E-state index contributed by atoms with van der Waals surface area (Å²) in [5.74, 6) is 0. The molecule has 20 heavy (non-hydrogen) atoms. The fourth-order valence-corrected chi connectivity index (χ4v) is 2.79. The smallest absolute Gasteiger partial charge is 0.0958 e. The Bertz CT molecular complexity index is 498. The number of benzene rings is 1. The molecule has 0 aliphatic heterocycles. The van der Waals surface area contributed by atoms with Gasteiger partial charge in [0.2, 0.25) is 0 Å². The van der Waals surface area contributed by atoms with Crippen LogP contribution in [0.1, 0.15) is 46.0 Å². The molecule has 110 valence electrons. The van der Waals surface area contributed by atoms with Crippen molar-refractivity contribution in [2.75, 3.05) is 6.54 Å². The third-order valence-corrected chi connectivity index (χ3v) is 3.81. The average molecular weight is 273 g/mol. The van der Waals surface area contributed by atoms with Gasteiger partial charge in [-0.05, 0) is 37.9 Å². The highest BCUT2D eigenvalue weighted by molar-refractivity contribution is 5.74. The van der Waals surface area contributed by atoms with Gasteiger partial charge in [0.05, 0.1) is 17.4 Å². The summed E-state index contributed by atoms with van der Waals surface area (Å²) in [6.07, 6.45) is 8.24. The third-order valence-electron chi connectivity index (χ3n) is 3.81. The summed E-state index contributed by atoms with van der Waals surface area (Å²) in [5, 5.41) is 3.70. The molecule has 0 amide bonds. The zero-order valence-corrected chi connectivity index (χ0v) is 12.8. The Kier molecular flexibility index (Phi) is 6.06. The Morgan fingerprint density at radius 1 is 1.15 bits per heavy atom. The van der Waals surface area contributed by atoms with Gasteiger partial charge < -0.3 is 9.88 Å². The predicted molar refractivity (Wildman–Crippen MR) is 86.0 cm³/mol. The summed E-state index contributed by atoms with van der Waals surface area (Å²) >= 11 is 0. The lowest BCUT2D eigenvalue weighted by Crippen LogP contribution is -2.30. The molecule has 3 heteroatoms. The van der Waals surface area contributed by atoms with Crippen LogP contribution in [0.5, 0.6) is 0 Å². The number of aromatic nitrogens is 2. The normalized spacial score (nSPS) is 11.6. The molecule has 0 unspecified atom stereocenters. The number of imidazole rings is 1. The molecule has 0 aliphatic carbocycles. The minimum atomic E-state index is 0.699. The number of nitrogens with one attached hydrogen (secondary N) is 1. The molecule has 2 aromatic rings. The van der Waals surface area contributed by atoms with Gasteiger partial charge in [-0.1, -0.05) is 38.8 Å². The Hall–Kier alpha value is -1.35. The molecule has 0 saturated carbocycles. The predicted octanol–water partition coefficient (Wildman–Crippen LogP) is 3.98. The topological polar surface area (TPSA) is 29.9 Å². The minimum absolute atomic E-state index is 0.699. The van der Waals surface area contributed by atoms with Gasteiger partial charge in [-0.2, -0.15) is 0 Å². The molecule has 0 atom stereocenters. The summed E-state index contributed by atoms with van der Waals surface area (Å²) < 4.78 is 2.26. The van der Waals surface area contributed by atoms with Crippen LogP contribution in [-0.4, -0.2) is 22.1 Å². The molecule has 1 heterocycles. The highest BCUT2D eigenvalue weighted by atomic mass is 15.0. The summed E-state index contributed by atoms with van der Waals surface area (Å²) in [7, 11) is 0. The van der Waals surface area contributed by atoms with Gasteiger partial charge in [0.15, 0.2) is 0 Å². The van der Waals surface area contributed by atoms with Crippen molar-refractivity contribution in [3.63, 3.8) is 0 Å². The van der Waals surface area contributed by atoms with Gasteiger partial charge in [-0.15, -0.1) is 0 Å². The van der Waals surface area contributed by atoms with Gasteiger partial charge in [-0.25, -0.2) is 4.98 Å².